The molecule has 3 rings (SSSR count). The van der Waals surface area contributed by atoms with Crippen molar-refractivity contribution in [2.45, 2.75) is 18.2 Å². The maximum Gasteiger partial charge on any atom is 0.246 e. The van der Waals surface area contributed by atoms with Crippen LogP contribution in [0.4, 0.5) is 8.78 Å². The smallest absolute Gasteiger partial charge is 0.246 e. The Bertz CT molecular complexity index is 730. The second-order valence-electron chi connectivity index (χ2n) is 6.12. The molecule has 0 N–H and O–H groups in total. The van der Waals surface area contributed by atoms with E-state index in [1.165, 1.54) is 0 Å². The molecule has 1 aliphatic heterocycles. The van der Waals surface area contributed by atoms with Crippen molar-refractivity contribution in [1.82, 2.24) is 9.21 Å². The van der Waals surface area contributed by atoms with E-state index in [9.17, 15) is 22.0 Å². The number of sulfonamides is 1. The summed E-state index contributed by atoms with van der Waals surface area (Å²) in [6.07, 6.45) is 0.887. The number of carbonyl (C=O) groups is 1. The lowest BCUT2D eigenvalue weighted by Crippen LogP contribution is -2.51. The Morgan fingerprint density at radius 1 is 1.17 bits per heavy atom. The maximum absolute atomic E-state index is 13.8. The van der Waals surface area contributed by atoms with E-state index in [0.717, 1.165) is 22.9 Å². The highest BCUT2D eigenvalue weighted by atomic mass is 32.2. The largest absolute Gasteiger partial charge is 0.340 e. The first-order chi connectivity index (χ1) is 10.8. The van der Waals surface area contributed by atoms with Crippen molar-refractivity contribution >= 4 is 15.9 Å². The van der Waals surface area contributed by atoms with Crippen LogP contribution in [0.25, 0.3) is 0 Å². The first kappa shape index (κ1) is 16.3. The fourth-order valence-corrected chi connectivity index (χ4v) is 4.34. The molecule has 1 heterocycles. The zero-order valence-corrected chi connectivity index (χ0v) is 13.5. The van der Waals surface area contributed by atoms with Gasteiger partial charge in [-0.2, -0.15) is 4.31 Å². The molecule has 0 bridgehead atoms. The molecule has 23 heavy (non-hydrogen) atoms. The van der Waals surface area contributed by atoms with E-state index in [2.05, 4.69) is 0 Å². The zero-order valence-electron chi connectivity index (χ0n) is 12.7. The predicted molar refractivity (Wildman–Crippen MR) is 79.0 cm³/mol. The number of amides is 1. The second-order valence-corrected chi connectivity index (χ2v) is 8.03. The van der Waals surface area contributed by atoms with Crippen LogP contribution in [0.2, 0.25) is 0 Å². The van der Waals surface area contributed by atoms with E-state index in [1.54, 1.807) is 4.90 Å². The fourth-order valence-electron chi connectivity index (χ4n) is 2.87. The summed E-state index contributed by atoms with van der Waals surface area (Å²) < 4.78 is 52.7. The molecule has 1 aromatic carbocycles. The van der Waals surface area contributed by atoms with Crippen LogP contribution in [0.5, 0.6) is 0 Å². The molecule has 2 aliphatic rings. The van der Waals surface area contributed by atoms with Crippen LogP contribution in [0.1, 0.15) is 13.3 Å². The van der Waals surface area contributed by atoms with E-state index in [1.807, 2.05) is 6.92 Å². The third kappa shape index (κ3) is 3.10. The molecule has 1 saturated heterocycles. The molecular weight excluding hydrogens is 326 g/mol. The summed E-state index contributed by atoms with van der Waals surface area (Å²) in [5.74, 6) is -1.39. The van der Waals surface area contributed by atoms with Gasteiger partial charge >= 0.3 is 0 Å². The Morgan fingerprint density at radius 3 is 2.30 bits per heavy atom. The number of rotatable bonds is 3. The molecule has 1 aliphatic carbocycles. The Kier molecular flexibility index (Phi) is 4.14. The number of nitrogens with zero attached hydrogens (tertiary/aromatic N) is 2. The Hall–Kier alpha value is -1.54. The first-order valence-corrected chi connectivity index (χ1v) is 8.98. The van der Waals surface area contributed by atoms with E-state index < -0.39 is 26.6 Å². The van der Waals surface area contributed by atoms with Gasteiger partial charge in [-0.05, 0) is 24.5 Å². The van der Waals surface area contributed by atoms with Crippen LogP contribution < -0.4 is 0 Å². The monoisotopic (exact) mass is 344 g/mol. The topological polar surface area (TPSA) is 57.7 Å². The molecule has 8 heteroatoms. The van der Waals surface area contributed by atoms with Gasteiger partial charge in [0.2, 0.25) is 15.9 Å². The molecule has 5 nitrogen and oxygen atoms in total. The second kappa shape index (κ2) is 5.83. The van der Waals surface area contributed by atoms with E-state index in [4.69, 9.17) is 0 Å². The van der Waals surface area contributed by atoms with Gasteiger partial charge in [0.1, 0.15) is 16.5 Å². The summed E-state index contributed by atoms with van der Waals surface area (Å²) in [7, 11) is -4.02. The minimum absolute atomic E-state index is 0.0627. The average molecular weight is 344 g/mol. The lowest BCUT2D eigenvalue weighted by molar-refractivity contribution is -0.134. The minimum atomic E-state index is -4.02. The molecule has 2 fully saturated rings. The summed E-state index contributed by atoms with van der Waals surface area (Å²) >= 11 is 0. The summed E-state index contributed by atoms with van der Waals surface area (Å²) in [4.78, 5) is 13.3. The third-order valence-electron chi connectivity index (χ3n) is 4.49. The van der Waals surface area contributed by atoms with Crippen LogP contribution in [0, 0.1) is 23.5 Å². The number of hydrogen-bond acceptors (Lipinski definition) is 3. The SMILES string of the molecule is C[C@@H]1C[C@@H]1C(=O)N1CCN(S(=O)(=O)c2ccc(F)cc2F)CC1. The van der Waals surface area contributed by atoms with Gasteiger partial charge < -0.3 is 4.90 Å². The normalized spacial score (nSPS) is 25.4. The maximum atomic E-state index is 13.8. The van der Waals surface area contributed by atoms with Crippen molar-refractivity contribution in [3.05, 3.63) is 29.8 Å². The van der Waals surface area contributed by atoms with Gasteiger partial charge in [0.15, 0.2) is 0 Å². The van der Waals surface area contributed by atoms with E-state index in [0.29, 0.717) is 25.1 Å². The highest BCUT2D eigenvalue weighted by Crippen LogP contribution is 2.39. The Balaban J connectivity index is 1.70. The highest BCUT2D eigenvalue weighted by molar-refractivity contribution is 7.89. The molecule has 0 unspecified atom stereocenters. The Labute approximate surface area is 133 Å². The van der Waals surface area contributed by atoms with Gasteiger partial charge in [-0.25, -0.2) is 17.2 Å². The van der Waals surface area contributed by atoms with Crippen LogP contribution >= 0.6 is 0 Å². The van der Waals surface area contributed by atoms with Crippen LogP contribution in [0.3, 0.4) is 0 Å². The highest BCUT2D eigenvalue weighted by Gasteiger charge is 2.42. The number of piperazine rings is 1. The zero-order chi connectivity index (χ0) is 16.8. The molecule has 126 valence electrons. The quantitative estimate of drug-likeness (QED) is 0.834. The number of carbonyl (C=O) groups excluding carboxylic acids is 1. The summed E-state index contributed by atoms with van der Waals surface area (Å²) in [6.45, 7) is 2.84. The van der Waals surface area contributed by atoms with E-state index in [-0.39, 0.29) is 24.9 Å². The van der Waals surface area contributed by atoms with Gasteiger partial charge in [0.05, 0.1) is 0 Å². The molecule has 2 atom stereocenters. The standard InChI is InChI=1S/C15H18F2N2O3S/c1-10-8-12(10)15(20)18-4-6-19(7-5-18)23(21,22)14-3-2-11(16)9-13(14)17/h2-3,9-10,12H,4-8H2,1H3/t10-,12+/m1/s1. The predicted octanol–water partition coefficient (Wildman–Crippen LogP) is 1.45. The Morgan fingerprint density at radius 2 is 1.78 bits per heavy atom. The summed E-state index contributed by atoms with van der Waals surface area (Å²) in [6, 6.07) is 2.41. The first-order valence-electron chi connectivity index (χ1n) is 7.54. The van der Waals surface area contributed by atoms with Gasteiger partial charge in [0.25, 0.3) is 0 Å². The van der Waals surface area contributed by atoms with Gasteiger partial charge in [0, 0.05) is 38.2 Å². The molecule has 1 aromatic rings. The minimum Gasteiger partial charge on any atom is -0.340 e. The summed E-state index contributed by atoms with van der Waals surface area (Å²) in [5, 5.41) is 0. The number of halogens is 2. The molecule has 1 saturated carbocycles. The van der Waals surface area contributed by atoms with Crippen LogP contribution in [0.15, 0.2) is 23.1 Å². The third-order valence-corrected chi connectivity index (χ3v) is 6.42. The molecule has 0 spiro atoms. The molecule has 0 aromatic heterocycles. The average Bonchev–Trinajstić information content (AvgIpc) is 3.23. The van der Waals surface area contributed by atoms with Crippen LogP contribution in [-0.2, 0) is 14.8 Å². The lowest BCUT2D eigenvalue weighted by atomic mass is 10.2. The lowest BCUT2D eigenvalue weighted by Gasteiger charge is -2.34. The fraction of sp³-hybridized carbons (Fsp3) is 0.533. The van der Waals surface area contributed by atoms with Crippen molar-refractivity contribution in [1.29, 1.82) is 0 Å². The van der Waals surface area contributed by atoms with Crippen LogP contribution in [-0.4, -0.2) is 49.7 Å². The van der Waals surface area contributed by atoms with Gasteiger partial charge in [-0.15, -0.1) is 0 Å². The van der Waals surface area contributed by atoms with E-state index >= 15 is 0 Å². The van der Waals surface area contributed by atoms with Gasteiger partial charge in [-0.3, -0.25) is 4.79 Å². The molecular formula is C15H18F2N2O3S. The number of benzene rings is 1. The number of hydrogen-bond donors (Lipinski definition) is 0. The van der Waals surface area contributed by atoms with Crippen molar-refractivity contribution in [3.8, 4) is 0 Å². The van der Waals surface area contributed by atoms with Crippen molar-refractivity contribution < 1.29 is 22.0 Å². The summed E-state index contributed by atoms with van der Waals surface area (Å²) in [5.41, 5.74) is 0. The van der Waals surface area contributed by atoms with Crippen molar-refractivity contribution in [2.75, 3.05) is 26.2 Å². The van der Waals surface area contributed by atoms with Gasteiger partial charge in [-0.1, -0.05) is 6.92 Å². The molecule has 0 radical (unpaired) electrons. The molecule has 1 amide bonds. The van der Waals surface area contributed by atoms with Crippen molar-refractivity contribution in [2.24, 2.45) is 11.8 Å². The van der Waals surface area contributed by atoms with Crippen molar-refractivity contribution in [3.63, 3.8) is 0 Å².